The minimum atomic E-state index is -3.42. The Kier molecular flexibility index (Phi) is 4.66. The first kappa shape index (κ1) is 17.4. The van der Waals surface area contributed by atoms with Crippen molar-refractivity contribution in [2.45, 2.75) is 11.6 Å². The van der Waals surface area contributed by atoms with Crippen molar-refractivity contribution in [1.82, 2.24) is 8.87 Å². The van der Waals surface area contributed by atoms with E-state index in [2.05, 4.69) is 0 Å². The minimum Gasteiger partial charge on any atom is -0.429 e. The summed E-state index contributed by atoms with van der Waals surface area (Å²) < 4.78 is 34.6. The average molecular weight is 391 g/mol. The molecule has 1 saturated heterocycles. The number of hydrogen-bond acceptors (Lipinski definition) is 4. The van der Waals surface area contributed by atoms with Crippen LogP contribution in [0.1, 0.15) is 0 Å². The third-order valence-corrected chi connectivity index (χ3v) is 6.98. The highest BCUT2D eigenvalue weighted by molar-refractivity contribution is 7.89. The molecule has 1 fully saturated rings. The van der Waals surface area contributed by atoms with E-state index in [0.717, 1.165) is 24.2 Å². The smallest absolute Gasteiger partial charge is 0.274 e. The molecule has 3 aromatic rings. The minimum absolute atomic E-state index is 0.353. The molecule has 136 valence electrons. The topological polar surface area (TPSA) is 59.9 Å². The number of oxazole rings is 1. The lowest BCUT2D eigenvalue weighted by atomic mass is 10.3. The zero-order valence-electron chi connectivity index (χ0n) is 14.2. The second-order valence-corrected chi connectivity index (χ2v) is 8.68. The van der Waals surface area contributed by atoms with Crippen LogP contribution in [0.2, 0.25) is 0 Å². The molecule has 0 unspecified atom stereocenters. The monoisotopic (exact) mass is 390 g/mol. The van der Waals surface area contributed by atoms with Crippen molar-refractivity contribution in [3.05, 3.63) is 59.4 Å². The molecule has 0 amide bonds. The summed E-state index contributed by atoms with van der Waals surface area (Å²) in [7, 11) is -3.42. The molecule has 2 aromatic carbocycles. The van der Waals surface area contributed by atoms with Gasteiger partial charge in [0.2, 0.25) is 10.0 Å². The first-order valence-electron chi connectivity index (χ1n) is 8.53. The summed E-state index contributed by atoms with van der Waals surface area (Å²) in [6, 6.07) is 16.4. The predicted molar refractivity (Wildman–Crippen MR) is 101 cm³/mol. The second kappa shape index (κ2) is 6.96. The summed E-state index contributed by atoms with van der Waals surface area (Å²) in [5.41, 5.74) is 1.76. The van der Waals surface area contributed by atoms with Crippen LogP contribution in [-0.2, 0) is 16.7 Å². The van der Waals surface area contributed by atoms with Crippen molar-refractivity contribution < 1.29 is 17.7 Å². The first-order chi connectivity index (χ1) is 12.6. The van der Waals surface area contributed by atoms with E-state index in [1.807, 2.05) is 34.9 Å². The van der Waals surface area contributed by atoms with E-state index in [0.29, 0.717) is 29.5 Å². The number of hydrogen-bond donors (Lipinski definition) is 1. The van der Waals surface area contributed by atoms with Gasteiger partial charge in [-0.05, 0) is 36.5 Å². The number of sulfonamides is 1. The number of rotatable bonds is 4. The van der Waals surface area contributed by atoms with Crippen LogP contribution in [0.25, 0.3) is 11.1 Å². The van der Waals surface area contributed by atoms with Gasteiger partial charge >= 0.3 is 0 Å². The Morgan fingerprint density at radius 2 is 1.65 bits per heavy atom. The standard InChI is InChI=1S/C18H19N3O3S2/c22-26(23,15-6-2-1-3-7-15)20-12-10-19(11-13-20)14-21-16-8-4-5-9-17(16)24-18(21)25/h1-9H,10-14H2/p+1. The lowest BCUT2D eigenvalue weighted by Gasteiger charge is -2.31. The number of benzene rings is 2. The van der Waals surface area contributed by atoms with Gasteiger partial charge in [-0.15, -0.1) is 0 Å². The predicted octanol–water partition coefficient (Wildman–Crippen LogP) is 1.51. The summed E-state index contributed by atoms with van der Waals surface area (Å²) in [4.78, 5) is 2.09. The number of fused-ring (bicyclic) bond motifs is 1. The van der Waals surface area contributed by atoms with Gasteiger partial charge in [0.1, 0.15) is 0 Å². The molecule has 8 heteroatoms. The van der Waals surface area contributed by atoms with Crippen LogP contribution in [0.15, 0.2) is 63.9 Å². The van der Waals surface area contributed by atoms with Crippen LogP contribution in [0, 0.1) is 4.84 Å². The molecular formula is C18H20N3O3S2+. The van der Waals surface area contributed by atoms with Crippen molar-refractivity contribution >= 4 is 33.3 Å². The molecule has 1 aromatic heterocycles. The Hall–Kier alpha value is -2.00. The van der Waals surface area contributed by atoms with E-state index in [-0.39, 0.29) is 0 Å². The Bertz CT molecular complexity index is 1070. The van der Waals surface area contributed by atoms with Gasteiger partial charge in [-0.1, -0.05) is 30.3 Å². The van der Waals surface area contributed by atoms with Crippen LogP contribution >= 0.6 is 12.2 Å². The van der Waals surface area contributed by atoms with Gasteiger partial charge in [0.05, 0.1) is 36.6 Å². The van der Waals surface area contributed by atoms with Gasteiger partial charge in [0, 0.05) is 0 Å². The quantitative estimate of drug-likeness (QED) is 0.686. The van der Waals surface area contributed by atoms with E-state index in [4.69, 9.17) is 16.6 Å². The molecule has 0 spiro atoms. The maximum atomic E-state index is 12.7. The third-order valence-electron chi connectivity index (χ3n) is 4.77. The van der Waals surface area contributed by atoms with E-state index >= 15 is 0 Å². The number of nitrogens with zero attached hydrogens (tertiary/aromatic N) is 2. The van der Waals surface area contributed by atoms with Crippen LogP contribution in [0.4, 0.5) is 0 Å². The van der Waals surface area contributed by atoms with E-state index in [1.54, 1.807) is 28.6 Å². The fourth-order valence-electron chi connectivity index (χ4n) is 3.33. The van der Waals surface area contributed by atoms with Gasteiger partial charge < -0.3 is 9.32 Å². The van der Waals surface area contributed by atoms with Crippen molar-refractivity contribution in [3.8, 4) is 0 Å². The molecule has 1 aliphatic heterocycles. The number of nitrogens with one attached hydrogen (secondary N) is 1. The molecule has 0 saturated carbocycles. The SMILES string of the molecule is O=S(=O)(c1ccccc1)N1CC[NH+](Cn2c(=S)oc3ccccc32)CC1. The fraction of sp³-hybridized carbons (Fsp3) is 0.278. The lowest BCUT2D eigenvalue weighted by Crippen LogP contribution is -3.14. The highest BCUT2D eigenvalue weighted by Crippen LogP contribution is 2.17. The van der Waals surface area contributed by atoms with Crippen LogP contribution in [-0.4, -0.2) is 43.5 Å². The van der Waals surface area contributed by atoms with Crippen LogP contribution in [0.3, 0.4) is 0 Å². The Balaban J connectivity index is 1.47. The Morgan fingerprint density at radius 1 is 1.00 bits per heavy atom. The van der Waals surface area contributed by atoms with E-state index < -0.39 is 10.0 Å². The molecule has 0 atom stereocenters. The van der Waals surface area contributed by atoms with Gasteiger partial charge in [0.25, 0.3) is 4.84 Å². The third kappa shape index (κ3) is 3.21. The molecule has 0 radical (unpaired) electrons. The summed E-state index contributed by atoms with van der Waals surface area (Å²) in [5.74, 6) is 0. The number of aromatic nitrogens is 1. The molecule has 0 bridgehead atoms. The Labute approximate surface area is 157 Å². The lowest BCUT2D eigenvalue weighted by molar-refractivity contribution is -0.926. The van der Waals surface area contributed by atoms with E-state index in [1.165, 1.54) is 4.90 Å². The molecule has 26 heavy (non-hydrogen) atoms. The van der Waals surface area contributed by atoms with Crippen molar-refractivity contribution in [1.29, 1.82) is 0 Å². The van der Waals surface area contributed by atoms with Gasteiger partial charge in [-0.25, -0.2) is 8.42 Å². The van der Waals surface area contributed by atoms with E-state index in [9.17, 15) is 8.42 Å². The summed E-state index contributed by atoms with van der Waals surface area (Å²) in [5, 5.41) is 0. The molecule has 0 aliphatic carbocycles. The molecule has 1 N–H and O–H groups in total. The maximum Gasteiger partial charge on any atom is 0.274 e. The zero-order valence-corrected chi connectivity index (χ0v) is 15.8. The summed E-state index contributed by atoms with van der Waals surface area (Å²) >= 11 is 5.34. The fourth-order valence-corrected chi connectivity index (χ4v) is 5.04. The van der Waals surface area contributed by atoms with Crippen LogP contribution in [0.5, 0.6) is 0 Å². The average Bonchev–Trinajstić information content (AvgIpc) is 2.98. The van der Waals surface area contributed by atoms with Gasteiger partial charge in [-0.3, -0.25) is 4.57 Å². The van der Waals surface area contributed by atoms with Crippen molar-refractivity contribution in [2.24, 2.45) is 0 Å². The molecular weight excluding hydrogens is 370 g/mol. The zero-order chi connectivity index (χ0) is 18.1. The highest BCUT2D eigenvalue weighted by atomic mass is 32.2. The normalized spacial score (nSPS) is 16.9. The maximum absolute atomic E-state index is 12.7. The van der Waals surface area contributed by atoms with Gasteiger partial charge in [0.15, 0.2) is 12.3 Å². The van der Waals surface area contributed by atoms with Crippen molar-refractivity contribution in [3.63, 3.8) is 0 Å². The van der Waals surface area contributed by atoms with Crippen LogP contribution < -0.4 is 4.90 Å². The number of para-hydroxylation sites is 2. The first-order valence-corrected chi connectivity index (χ1v) is 10.4. The molecule has 2 heterocycles. The Morgan fingerprint density at radius 3 is 2.38 bits per heavy atom. The number of quaternary nitrogens is 1. The molecule has 1 aliphatic rings. The highest BCUT2D eigenvalue weighted by Gasteiger charge is 2.30. The summed E-state index contributed by atoms with van der Waals surface area (Å²) in [6.45, 7) is 3.13. The molecule has 4 rings (SSSR count). The largest absolute Gasteiger partial charge is 0.429 e. The van der Waals surface area contributed by atoms with Crippen molar-refractivity contribution in [2.75, 3.05) is 26.2 Å². The number of piperazine rings is 1. The molecule has 6 nitrogen and oxygen atoms in total. The van der Waals surface area contributed by atoms with Gasteiger partial charge in [-0.2, -0.15) is 4.31 Å². The second-order valence-electron chi connectivity index (χ2n) is 6.39. The summed E-state index contributed by atoms with van der Waals surface area (Å²) in [6.07, 6.45) is 0.